The van der Waals surface area contributed by atoms with E-state index >= 15 is 0 Å². The second kappa shape index (κ2) is 3.89. The van der Waals surface area contributed by atoms with Crippen molar-refractivity contribution in [3.05, 3.63) is 17.5 Å². The van der Waals surface area contributed by atoms with Gasteiger partial charge in [0.2, 0.25) is 10.0 Å². The van der Waals surface area contributed by atoms with Crippen LogP contribution in [0.15, 0.2) is 12.4 Å². The molecule has 0 atom stereocenters. The fourth-order valence-corrected chi connectivity index (χ4v) is 1.26. The lowest BCUT2D eigenvalue weighted by Crippen LogP contribution is -2.15. The molecule has 1 aromatic heterocycles. The summed E-state index contributed by atoms with van der Waals surface area (Å²) in [6.45, 7) is 1.53. The second-order valence-corrected chi connectivity index (χ2v) is 4.63. The predicted octanol–water partition coefficient (Wildman–Crippen LogP) is 0.892. The van der Waals surface area contributed by atoms with Crippen LogP contribution in [-0.4, -0.2) is 24.1 Å². The van der Waals surface area contributed by atoms with Crippen molar-refractivity contribution in [3.8, 4) is 0 Å². The summed E-state index contributed by atoms with van der Waals surface area (Å²) in [5.74, 6) is 0.170. The molecule has 0 aromatic carbocycles. The molecule has 1 aromatic rings. The van der Waals surface area contributed by atoms with E-state index in [9.17, 15) is 8.42 Å². The Morgan fingerprint density at radius 1 is 1.46 bits per heavy atom. The molecule has 0 amide bonds. The Hall–Kier alpha value is -0.880. The first kappa shape index (κ1) is 10.2. The summed E-state index contributed by atoms with van der Waals surface area (Å²) in [5.41, 5.74) is 0. The lowest BCUT2D eigenvalue weighted by Gasteiger charge is -2.03. The van der Waals surface area contributed by atoms with E-state index in [1.165, 1.54) is 19.3 Å². The maximum atomic E-state index is 11.0. The van der Waals surface area contributed by atoms with E-state index in [0.29, 0.717) is 0 Å². The minimum Gasteiger partial charge on any atom is -0.266 e. The molecular formula is C6H8ClN3O2S. The third-order valence-corrected chi connectivity index (χ3v) is 2.74. The smallest absolute Gasteiger partial charge is 0.233 e. The number of nitrogens with zero attached hydrogens (tertiary/aromatic N) is 2. The van der Waals surface area contributed by atoms with Gasteiger partial charge in [-0.15, -0.1) is 0 Å². The van der Waals surface area contributed by atoms with E-state index in [1.54, 1.807) is 0 Å². The van der Waals surface area contributed by atoms with Gasteiger partial charge >= 0.3 is 0 Å². The van der Waals surface area contributed by atoms with Gasteiger partial charge in [-0.05, 0) is 6.92 Å². The zero-order chi connectivity index (χ0) is 9.90. The highest BCUT2D eigenvalue weighted by Gasteiger charge is 2.07. The highest BCUT2D eigenvalue weighted by molar-refractivity contribution is 7.92. The molecule has 0 radical (unpaired) electrons. The SMILES string of the molecule is CCS(=O)(=O)Nc1cnc(Cl)cn1. The number of aromatic nitrogens is 2. The van der Waals surface area contributed by atoms with Crippen molar-refractivity contribution in [3.63, 3.8) is 0 Å². The van der Waals surface area contributed by atoms with Crippen molar-refractivity contribution < 1.29 is 8.42 Å². The van der Waals surface area contributed by atoms with Gasteiger partial charge in [-0.2, -0.15) is 0 Å². The summed E-state index contributed by atoms with van der Waals surface area (Å²) in [5, 5.41) is 0.222. The van der Waals surface area contributed by atoms with E-state index in [2.05, 4.69) is 14.7 Å². The third kappa shape index (κ3) is 3.16. The molecular weight excluding hydrogens is 214 g/mol. The molecule has 0 aliphatic carbocycles. The van der Waals surface area contributed by atoms with Crippen LogP contribution in [0.1, 0.15) is 6.92 Å². The standard InChI is InChI=1S/C6H8ClN3O2S/c1-2-13(11,12)10-6-4-8-5(7)3-9-6/h3-4H,2H2,1H3,(H,9,10). The summed E-state index contributed by atoms with van der Waals surface area (Å²) >= 11 is 5.47. The first-order chi connectivity index (χ1) is 6.03. The number of nitrogens with one attached hydrogen (secondary N) is 1. The summed E-state index contributed by atoms with van der Waals surface area (Å²) in [7, 11) is -3.28. The highest BCUT2D eigenvalue weighted by atomic mass is 35.5. The molecule has 1 heterocycles. The molecule has 0 spiro atoms. The molecule has 13 heavy (non-hydrogen) atoms. The van der Waals surface area contributed by atoms with E-state index in [1.807, 2.05) is 0 Å². The van der Waals surface area contributed by atoms with Gasteiger partial charge < -0.3 is 0 Å². The van der Waals surface area contributed by atoms with Crippen molar-refractivity contribution in [2.45, 2.75) is 6.92 Å². The number of rotatable bonds is 3. The van der Waals surface area contributed by atoms with Crippen LogP contribution in [-0.2, 0) is 10.0 Å². The van der Waals surface area contributed by atoms with E-state index in [-0.39, 0.29) is 16.7 Å². The number of halogens is 1. The van der Waals surface area contributed by atoms with Gasteiger partial charge in [0.25, 0.3) is 0 Å². The number of hydrogen-bond donors (Lipinski definition) is 1. The molecule has 0 saturated carbocycles. The Bertz CT molecular complexity index is 375. The lowest BCUT2D eigenvalue weighted by molar-refractivity contribution is 0.602. The zero-order valence-corrected chi connectivity index (χ0v) is 8.43. The van der Waals surface area contributed by atoms with Gasteiger partial charge in [0, 0.05) is 0 Å². The van der Waals surface area contributed by atoms with Crippen molar-refractivity contribution in [2.75, 3.05) is 10.5 Å². The van der Waals surface area contributed by atoms with Crippen LogP contribution in [0.3, 0.4) is 0 Å². The number of hydrogen-bond acceptors (Lipinski definition) is 4. The van der Waals surface area contributed by atoms with Crippen LogP contribution in [0.4, 0.5) is 5.82 Å². The summed E-state index contributed by atoms with van der Waals surface area (Å²) < 4.78 is 24.3. The highest BCUT2D eigenvalue weighted by Crippen LogP contribution is 2.06. The lowest BCUT2D eigenvalue weighted by atomic mass is 10.7. The number of anilines is 1. The Morgan fingerprint density at radius 2 is 2.15 bits per heavy atom. The molecule has 0 unspecified atom stereocenters. The van der Waals surface area contributed by atoms with Crippen molar-refractivity contribution in [1.82, 2.24) is 9.97 Å². The Morgan fingerprint density at radius 3 is 2.62 bits per heavy atom. The summed E-state index contributed by atoms with van der Waals surface area (Å²) in [6.07, 6.45) is 2.53. The van der Waals surface area contributed by atoms with Crippen LogP contribution in [0.5, 0.6) is 0 Å². The van der Waals surface area contributed by atoms with Crippen molar-refractivity contribution in [1.29, 1.82) is 0 Å². The van der Waals surface area contributed by atoms with E-state index in [0.717, 1.165) is 0 Å². The van der Waals surface area contributed by atoms with Crippen molar-refractivity contribution in [2.24, 2.45) is 0 Å². The quantitative estimate of drug-likeness (QED) is 0.823. The van der Waals surface area contributed by atoms with Crippen LogP contribution in [0.25, 0.3) is 0 Å². The molecule has 0 fully saturated rings. The predicted molar refractivity (Wildman–Crippen MR) is 50.1 cm³/mol. The van der Waals surface area contributed by atoms with Gasteiger partial charge in [-0.1, -0.05) is 11.6 Å². The fourth-order valence-electron chi connectivity index (χ4n) is 0.596. The molecule has 1 rings (SSSR count). The molecule has 7 heteroatoms. The van der Waals surface area contributed by atoms with Crippen LogP contribution < -0.4 is 4.72 Å². The average molecular weight is 222 g/mol. The van der Waals surface area contributed by atoms with Gasteiger partial charge in [0.05, 0.1) is 18.1 Å². The Balaban J connectivity index is 2.82. The normalized spacial score (nSPS) is 11.2. The minimum absolute atomic E-state index is 0.00267. The van der Waals surface area contributed by atoms with Gasteiger partial charge in [0.1, 0.15) is 5.15 Å². The largest absolute Gasteiger partial charge is 0.266 e. The average Bonchev–Trinajstić information content (AvgIpc) is 2.09. The van der Waals surface area contributed by atoms with Gasteiger partial charge in [0.15, 0.2) is 5.82 Å². The maximum absolute atomic E-state index is 11.0. The van der Waals surface area contributed by atoms with Gasteiger partial charge in [-0.3, -0.25) is 4.72 Å². The first-order valence-corrected chi connectivity index (χ1v) is 5.54. The molecule has 0 aliphatic heterocycles. The minimum atomic E-state index is -3.28. The Kier molecular flexibility index (Phi) is 3.05. The molecule has 0 bridgehead atoms. The summed E-state index contributed by atoms with van der Waals surface area (Å²) in [4.78, 5) is 7.40. The molecule has 5 nitrogen and oxygen atoms in total. The van der Waals surface area contributed by atoms with Crippen LogP contribution in [0, 0.1) is 0 Å². The molecule has 0 aliphatic rings. The number of sulfonamides is 1. The molecule has 1 N–H and O–H groups in total. The fraction of sp³-hybridized carbons (Fsp3) is 0.333. The van der Waals surface area contributed by atoms with Crippen molar-refractivity contribution >= 4 is 27.4 Å². The maximum Gasteiger partial charge on any atom is 0.233 e. The Labute approximate surface area is 81.2 Å². The third-order valence-electron chi connectivity index (χ3n) is 1.26. The van der Waals surface area contributed by atoms with E-state index < -0.39 is 10.0 Å². The summed E-state index contributed by atoms with van der Waals surface area (Å²) in [6, 6.07) is 0. The molecule has 0 saturated heterocycles. The van der Waals surface area contributed by atoms with Crippen LogP contribution in [0.2, 0.25) is 5.15 Å². The monoisotopic (exact) mass is 221 g/mol. The van der Waals surface area contributed by atoms with Crippen LogP contribution >= 0.6 is 11.6 Å². The first-order valence-electron chi connectivity index (χ1n) is 3.51. The second-order valence-electron chi connectivity index (χ2n) is 2.23. The molecule has 72 valence electrons. The van der Waals surface area contributed by atoms with E-state index in [4.69, 9.17) is 11.6 Å². The van der Waals surface area contributed by atoms with Gasteiger partial charge in [-0.25, -0.2) is 18.4 Å². The topological polar surface area (TPSA) is 72.0 Å². The zero-order valence-electron chi connectivity index (χ0n) is 6.86.